The molecule has 1 heterocycles. The highest BCUT2D eigenvalue weighted by atomic mass is 35.5. The van der Waals surface area contributed by atoms with Crippen LogP contribution in [-0.2, 0) is 19.6 Å². The van der Waals surface area contributed by atoms with Crippen LogP contribution in [0.1, 0.15) is 36.0 Å². The van der Waals surface area contributed by atoms with Gasteiger partial charge in [-0.15, -0.1) is 11.3 Å². The highest BCUT2D eigenvalue weighted by Gasteiger charge is 2.20. The highest BCUT2D eigenvalue weighted by molar-refractivity contribution is 7.09. The lowest BCUT2D eigenvalue weighted by Crippen LogP contribution is -2.15. The molecular formula is C16H19ClN2OS. The first kappa shape index (κ1) is 14.8. The van der Waals surface area contributed by atoms with Crippen molar-refractivity contribution in [1.29, 1.82) is 0 Å². The van der Waals surface area contributed by atoms with Crippen LogP contribution >= 0.6 is 22.9 Å². The van der Waals surface area contributed by atoms with Crippen molar-refractivity contribution in [3.05, 3.63) is 44.9 Å². The minimum Gasteiger partial charge on any atom is -0.486 e. The van der Waals surface area contributed by atoms with Crippen LogP contribution in [0.3, 0.4) is 0 Å². The van der Waals surface area contributed by atoms with E-state index < -0.39 is 0 Å². The van der Waals surface area contributed by atoms with Crippen LogP contribution in [0.25, 0.3) is 0 Å². The number of benzene rings is 1. The second kappa shape index (κ2) is 6.77. The van der Waals surface area contributed by atoms with Crippen LogP contribution in [0.5, 0.6) is 5.75 Å². The number of ether oxygens (including phenoxy) is 1. The SMILES string of the molecule is CCc1nc(COc2ccc(CNC3CC3)cc2Cl)cs1. The zero-order chi connectivity index (χ0) is 14.7. The summed E-state index contributed by atoms with van der Waals surface area (Å²) in [5.41, 5.74) is 2.16. The summed E-state index contributed by atoms with van der Waals surface area (Å²) in [7, 11) is 0. The fourth-order valence-corrected chi connectivity index (χ4v) is 3.04. The van der Waals surface area contributed by atoms with Crippen LogP contribution in [0.4, 0.5) is 0 Å². The molecule has 0 unspecified atom stereocenters. The predicted molar refractivity (Wildman–Crippen MR) is 87.1 cm³/mol. The van der Waals surface area contributed by atoms with Crippen molar-refractivity contribution in [2.45, 2.75) is 45.4 Å². The normalized spacial score (nSPS) is 14.4. The maximum atomic E-state index is 6.29. The van der Waals surface area contributed by atoms with E-state index in [4.69, 9.17) is 16.3 Å². The van der Waals surface area contributed by atoms with E-state index in [1.54, 1.807) is 11.3 Å². The third kappa shape index (κ3) is 4.19. The minimum absolute atomic E-state index is 0.468. The van der Waals surface area contributed by atoms with Gasteiger partial charge in [-0.2, -0.15) is 0 Å². The molecule has 0 bridgehead atoms. The van der Waals surface area contributed by atoms with E-state index in [0.717, 1.165) is 29.4 Å². The van der Waals surface area contributed by atoms with Crippen LogP contribution in [0.2, 0.25) is 5.02 Å². The first-order valence-electron chi connectivity index (χ1n) is 7.32. The highest BCUT2D eigenvalue weighted by Crippen LogP contribution is 2.27. The van der Waals surface area contributed by atoms with Crippen LogP contribution in [-0.4, -0.2) is 11.0 Å². The Bertz CT molecular complexity index is 610. The van der Waals surface area contributed by atoms with Gasteiger partial charge in [0.05, 0.1) is 15.7 Å². The number of hydrogen-bond donors (Lipinski definition) is 1. The number of aryl methyl sites for hydroxylation is 1. The molecule has 3 rings (SSSR count). The summed E-state index contributed by atoms with van der Waals surface area (Å²) in [6.45, 7) is 3.45. The van der Waals surface area contributed by atoms with Crippen LogP contribution in [0.15, 0.2) is 23.6 Å². The Labute approximate surface area is 134 Å². The van der Waals surface area contributed by atoms with E-state index in [9.17, 15) is 0 Å². The topological polar surface area (TPSA) is 34.1 Å². The standard InChI is InChI=1S/C16H19ClN2OS/c1-2-16-19-13(10-21-16)9-20-15-6-3-11(7-14(15)17)8-18-12-4-5-12/h3,6-7,10,12,18H,2,4-5,8-9H2,1H3. The quantitative estimate of drug-likeness (QED) is 0.830. The average Bonchev–Trinajstić information content (AvgIpc) is 3.21. The summed E-state index contributed by atoms with van der Waals surface area (Å²) in [6.07, 6.45) is 3.55. The molecule has 1 saturated carbocycles. The van der Waals surface area contributed by atoms with E-state index in [-0.39, 0.29) is 0 Å². The average molecular weight is 323 g/mol. The number of halogens is 1. The van der Waals surface area contributed by atoms with Gasteiger partial charge in [-0.3, -0.25) is 0 Å². The largest absolute Gasteiger partial charge is 0.486 e. The van der Waals surface area contributed by atoms with E-state index >= 15 is 0 Å². The van der Waals surface area contributed by atoms with Crippen molar-refractivity contribution in [2.24, 2.45) is 0 Å². The number of nitrogens with one attached hydrogen (secondary N) is 1. The number of aromatic nitrogens is 1. The zero-order valence-electron chi connectivity index (χ0n) is 12.1. The van der Waals surface area contributed by atoms with Gasteiger partial charge in [0.2, 0.25) is 0 Å². The van der Waals surface area contributed by atoms with Crippen molar-refractivity contribution in [2.75, 3.05) is 0 Å². The summed E-state index contributed by atoms with van der Waals surface area (Å²) in [6, 6.07) is 6.69. The molecule has 0 aliphatic heterocycles. The van der Waals surface area contributed by atoms with Gasteiger partial charge in [0.15, 0.2) is 0 Å². The Balaban J connectivity index is 1.56. The molecule has 0 atom stereocenters. The molecule has 1 aliphatic rings. The van der Waals surface area contributed by atoms with E-state index in [1.165, 1.54) is 18.4 Å². The maximum absolute atomic E-state index is 6.29. The Morgan fingerprint density at radius 3 is 2.95 bits per heavy atom. The number of nitrogens with zero attached hydrogens (tertiary/aromatic N) is 1. The molecule has 0 radical (unpaired) electrons. The van der Waals surface area contributed by atoms with Gasteiger partial charge >= 0.3 is 0 Å². The summed E-state index contributed by atoms with van der Waals surface area (Å²) < 4.78 is 5.77. The Hall–Kier alpha value is -1.10. The molecule has 5 heteroatoms. The Kier molecular flexibility index (Phi) is 4.78. The number of rotatable bonds is 7. The van der Waals surface area contributed by atoms with E-state index in [2.05, 4.69) is 23.3 Å². The van der Waals surface area contributed by atoms with Gasteiger partial charge in [-0.25, -0.2) is 4.98 Å². The fraction of sp³-hybridized carbons (Fsp3) is 0.438. The van der Waals surface area contributed by atoms with E-state index in [1.807, 2.05) is 17.5 Å². The lowest BCUT2D eigenvalue weighted by atomic mass is 10.2. The van der Waals surface area contributed by atoms with Gasteiger partial charge in [0.25, 0.3) is 0 Å². The smallest absolute Gasteiger partial charge is 0.138 e. The first-order valence-corrected chi connectivity index (χ1v) is 8.58. The van der Waals surface area contributed by atoms with Crippen molar-refractivity contribution >= 4 is 22.9 Å². The van der Waals surface area contributed by atoms with Gasteiger partial charge in [0, 0.05) is 18.0 Å². The summed E-state index contributed by atoms with van der Waals surface area (Å²) in [5.74, 6) is 0.720. The monoisotopic (exact) mass is 322 g/mol. The third-order valence-corrected chi connectivity index (χ3v) is 4.78. The van der Waals surface area contributed by atoms with Gasteiger partial charge in [-0.05, 0) is 37.0 Å². The molecule has 112 valence electrons. The number of hydrogen-bond acceptors (Lipinski definition) is 4. The van der Waals surface area contributed by atoms with Gasteiger partial charge in [0.1, 0.15) is 12.4 Å². The molecule has 2 aromatic rings. The van der Waals surface area contributed by atoms with Crippen molar-refractivity contribution in [1.82, 2.24) is 10.3 Å². The molecule has 3 nitrogen and oxygen atoms in total. The van der Waals surface area contributed by atoms with E-state index in [0.29, 0.717) is 17.7 Å². The summed E-state index contributed by atoms with van der Waals surface area (Å²) in [4.78, 5) is 4.49. The maximum Gasteiger partial charge on any atom is 0.138 e. The summed E-state index contributed by atoms with van der Waals surface area (Å²) >= 11 is 7.96. The zero-order valence-corrected chi connectivity index (χ0v) is 13.6. The van der Waals surface area contributed by atoms with Gasteiger partial charge in [-0.1, -0.05) is 24.6 Å². The molecular weight excluding hydrogens is 304 g/mol. The van der Waals surface area contributed by atoms with Crippen LogP contribution < -0.4 is 10.1 Å². The third-order valence-electron chi connectivity index (χ3n) is 3.45. The minimum atomic E-state index is 0.468. The van der Waals surface area contributed by atoms with Crippen molar-refractivity contribution in [3.63, 3.8) is 0 Å². The molecule has 0 amide bonds. The van der Waals surface area contributed by atoms with Crippen molar-refractivity contribution < 1.29 is 4.74 Å². The van der Waals surface area contributed by atoms with Crippen molar-refractivity contribution in [3.8, 4) is 5.75 Å². The first-order chi connectivity index (χ1) is 10.2. The predicted octanol–water partition coefficient (Wildman–Crippen LogP) is 4.19. The Morgan fingerprint density at radius 1 is 1.43 bits per heavy atom. The lowest BCUT2D eigenvalue weighted by Gasteiger charge is -2.09. The number of thiazole rings is 1. The molecule has 0 saturated heterocycles. The molecule has 1 N–H and O–H groups in total. The van der Waals surface area contributed by atoms with Crippen LogP contribution in [0, 0.1) is 0 Å². The summed E-state index contributed by atoms with van der Waals surface area (Å²) in [5, 5.41) is 7.32. The Morgan fingerprint density at radius 2 is 2.29 bits per heavy atom. The molecule has 1 fully saturated rings. The second-order valence-electron chi connectivity index (χ2n) is 5.29. The molecule has 0 spiro atoms. The molecule has 1 aliphatic carbocycles. The fourth-order valence-electron chi connectivity index (χ4n) is 2.05. The molecule has 21 heavy (non-hydrogen) atoms. The molecule has 1 aromatic carbocycles. The van der Waals surface area contributed by atoms with Gasteiger partial charge < -0.3 is 10.1 Å². The second-order valence-corrected chi connectivity index (χ2v) is 6.64. The lowest BCUT2D eigenvalue weighted by molar-refractivity contribution is 0.302. The molecule has 1 aromatic heterocycles.